The lowest BCUT2D eigenvalue weighted by molar-refractivity contribution is -0.0504. The summed E-state index contributed by atoms with van der Waals surface area (Å²) >= 11 is 6.00. The Morgan fingerprint density at radius 1 is 1.32 bits per heavy atom. The number of hydrogen-bond donors (Lipinski definition) is 2. The number of likely N-dealkylation sites (tertiary alicyclic amines) is 1. The van der Waals surface area contributed by atoms with E-state index in [1.54, 1.807) is 6.07 Å². The molecular formula is C19H30ClF2IN4O. The Morgan fingerprint density at radius 3 is 2.64 bits per heavy atom. The van der Waals surface area contributed by atoms with Gasteiger partial charge in [0.2, 0.25) is 0 Å². The van der Waals surface area contributed by atoms with Gasteiger partial charge in [0.05, 0.1) is 6.54 Å². The summed E-state index contributed by atoms with van der Waals surface area (Å²) in [5, 5.41) is 7.13. The highest BCUT2D eigenvalue weighted by Crippen LogP contribution is 2.25. The highest BCUT2D eigenvalue weighted by atomic mass is 127. The van der Waals surface area contributed by atoms with Crippen LogP contribution in [0.25, 0.3) is 0 Å². The standard InChI is InChI=1S/C19H29ClF2N4O.HI/c1-3-9-26-10-7-16(8-11-26)25-19(23-4-2)24-13-14-12-15(20)5-6-17(14)27-18(21)22;/h5-6,12,16,18H,3-4,7-11,13H2,1-2H3,(H2,23,24,25);1H. The minimum atomic E-state index is -2.88. The first-order valence-corrected chi connectivity index (χ1v) is 9.90. The van der Waals surface area contributed by atoms with Gasteiger partial charge in [-0.05, 0) is 50.9 Å². The Hall–Kier alpha value is -0.870. The molecule has 1 aliphatic rings. The fraction of sp³-hybridized carbons (Fsp3) is 0.632. The van der Waals surface area contributed by atoms with Gasteiger partial charge < -0.3 is 20.3 Å². The molecule has 0 aromatic heterocycles. The molecule has 0 spiro atoms. The van der Waals surface area contributed by atoms with Gasteiger partial charge in [0.25, 0.3) is 0 Å². The third-order valence-corrected chi connectivity index (χ3v) is 4.69. The zero-order chi connectivity index (χ0) is 19.6. The van der Waals surface area contributed by atoms with E-state index >= 15 is 0 Å². The van der Waals surface area contributed by atoms with E-state index in [0.717, 1.165) is 39.0 Å². The molecule has 160 valence electrons. The normalized spacial score (nSPS) is 16.0. The van der Waals surface area contributed by atoms with Crippen molar-refractivity contribution < 1.29 is 13.5 Å². The third kappa shape index (κ3) is 8.65. The van der Waals surface area contributed by atoms with Crippen LogP contribution >= 0.6 is 35.6 Å². The van der Waals surface area contributed by atoms with Gasteiger partial charge in [0.1, 0.15) is 5.75 Å². The predicted octanol–water partition coefficient (Wildman–Crippen LogP) is 4.49. The van der Waals surface area contributed by atoms with Crippen LogP contribution in [0.2, 0.25) is 5.02 Å². The van der Waals surface area contributed by atoms with Crippen LogP contribution in [0.5, 0.6) is 5.75 Å². The molecule has 0 radical (unpaired) electrons. The number of piperidine rings is 1. The van der Waals surface area contributed by atoms with E-state index in [9.17, 15) is 8.78 Å². The molecule has 2 N–H and O–H groups in total. The molecule has 0 unspecified atom stereocenters. The summed E-state index contributed by atoms with van der Waals surface area (Å²) in [4.78, 5) is 7.01. The lowest BCUT2D eigenvalue weighted by atomic mass is 10.1. The fourth-order valence-electron chi connectivity index (χ4n) is 3.18. The number of nitrogens with zero attached hydrogens (tertiary/aromatic N) is 2. The molecule has 0 amide bonds. The first-order chi connectivity index (χ1) is 13.0. The molecule has 1 saturated heterocycles. The molecule has 1 heterocycles. The molecule has 1 aromatic carbocycles. The molecular weight excluding hydrogens is 501 g/mol. The first kappa shape index (κ1) is 25.2. The first-order valence-electron chi connectivity index (χ1n) is 9.52. The second-order valence-corrected chi connectivity index (χ2v) is 7.02. The van der Waals surface area contributed by atoms with E-state index < -0.39 is 6.61 Å². The van der Waals surface area contributed by atoms with Crippen molar-refractivity contribution >= 4 is 41.5 Å². The van der Waals surface area contributed by atoms with Crippen LogP contribution in [-0.4, -0.2) is 49.7 Å². The van der Waals surface area contributed by atoms with Crippen molar-refractivity contribution in [2.75, 3.05) is 26.2 Å². The SMILES string of the molecule is CCCN1CCC(NC(=NCc2cc(Cl)ccc2OC(F)F)NCC)CC1.I. The van der Waals surface area contributed by atoms with Crippen LogP contribution in [-0.2, 0) is 6.54 Å². The fourth-order valence-corrected chi connectivity index (χ4v) is 3.37. The van der Waals surface area contributed by atoms with Crippen LogP contribution in [0.4, 0.5) is 8.78 Å². The van der Waals surface area contributed by atoms with Crippen molar-refractivity contribution in [1.29, 1.82) is 0 Å². The zero-order valence-corrected chi connectivity index (χ0v) is 19.5. The molecule has 2 rings (SSSR count). The number of benzene rings is 1. The maximum atomic E-state index is 12.6. The number of ether oxygens (including phenoxy) is 1. The van der Waals surface area contributed by atoms with E-state index in [0.29, 0.717) is 22.6 Å². The van der Waals surface area contributed by atoms with E-state index in [1.165, 1.54) is 18.6 Å². The summed E-state index contributed by atoms with van der Waals surface area (Å²) in [6, 6.07) is 4.94. The van der Waals surface area contributed by atoms with Crippen LogP contribution in [0, 0.1) is 0 Å². The van der Waals surface area contributed by atoms with Crippen LogP contribution in [0.3, 0.4) is 0 Å². The second kappa shape index (κ2) is 13.4. The molecule has 0 saturated carbocycles. The van der Waals surface area contributed by atoms with Gasteiger partial charge in [-0.2, -0.15) is 8.78 Å². The molecule has 0 aliphatic carbocycles. The maximum Gasteiger partial charge on any atom is 0.387 e. The molecule has 0 bridgehead atoms. The highest BCUT2D eigenvalue weighted by molar-refractivity contribution is 14.0. The van der Waals surface area contributed by atoms with Crippen LogP contribution in [0.1, 0.15) is 38.7 Å². The summed E-state index contributed by atoms with van der Waals surface area (Å²) in [6.07, 6.45) is 3.29. The van der Waals surface area contributed by atoms with Gasteiger partial charge >= 0.3 is 6.61 Å². The highest BCUT2D eigenvalue weighted by Gasteiger charge is 2.19. The molecule has 5 nitrogen and oxygen atoms in total. The lowest BCUT2D eigenvalue weighted by Gasteiger charge is -2.32. The van der Waals surface area contributed by atoms with E-state index in [-0.39, 0.29) is 36.3 Å². The maximum absolute atomic E-state index is 12.6. The number of hydrogen-bond acceptors (Lipinski definition) is 3. The van der Waals surface area contributed by atoms with Crippen molar-refractivity contribution in [2.45, 2.75) is 52.3 Å². The summed E-state index contributed by atoms with van der Waals surface area (Å²) in [5.41, 5.74) is 0.526. The molecule has 0 atom stereocenters. The van der Waals surface area contributed by atoms with Gasteiger partial charge in [0.15, 0.2) is 5.96 Å². The van der Waals surface area contributed by atoms with E-state index in [4.69, 9.17) is 11.6 Å². The van der Waals surface area contributed by atoms with Crippen molar-refractivity contribution in [3.05, 3.63) is 28.8 Å². The minimum absolute atomic E-state index is 0. The Labute approximate surface area is 188 Å². The molecule has 28 heavy (non-hydrogen) atoms. The lowest BCUT2D eigenvalue weighted by Crippen LogP contribution is -2.48. The predicted molar refractivity (Wildman–Crippen MR) is 121 cm³/mol. The van der Waals surface area contributed by atoms with Crippen molar-refractivity contribution in [2.24, 2.45) is 4.99 Å². The van der Waals surface area contributed by atoms with Crippen molar-refractivity contribution in [1.82, 2.24) is 15.5 Å². The second-order valence-electron chi connectivity index (χ2n) is 6.59. The number of rotatable bonds is 8. The number of halogens is 4. The van der Waals surface area contributed by atoms with Gasteiger partial charge in [-0.1, -0.05) is 18.5 Å². The molecule has 1 aromatic rings. The average Bonchev–Trinajstić information content (AvgIpc) is 2.63. The largest absolute Gasteiger partial charge is 0.434 e. The van der Waals surface area contributed by atoms with Gasteiger partial charge in [0, 0.05) is 36.3 Å². The summed E-state index contributed by atoms with van der Waals surface area (Å²) in [5.74, 6) is 0.774. The monoisotopic (exact) mass is 530 g/mol. The number of nitrogens with one attached hydrogen (secondary N) is 2. The minimum Gasteiger partial charge on any atom is -0.434 e. The van der Waals surface area contributed by atoms with Crippen molar-refractivity contribution in [3.63, 3.8) is 0 Å². The van der Waals surface area contributed by atoms with Gasteiger partial charge in [-0.25, -0.2) is 4.99 Å². The number of aliphatic imine (C=N–C) groups is 1. The zero-order valence-electron chi connectivity index (χ0n) is 16.4. The number of alkyl halides is 2. The molecule has 1 fully saturated rings. The summed E-state index contributed by atoms with van der Waals surface area (Å²) in [7, 11) is 0. The van der Waals surface area contributed by atoms with Crippen LogP contribution in [0.15, 0.2) is 23.2 Å². The smallest absolute Gasteiger partial charge is 0.387 e. The quantitative estimate of drug-likeness (QED) is 0.295. The molecule has 1 aliphatic heterocycles. The topological polar surface area (TPSA) is 48.9 Å². The Bertz CT molecular complexity index is 614. The van der Waals surface area contributed by atoms with E-state index in [2.05, 4.69) is 32.2 Å². The molecule has 9 heteroatoms. The summed E-state index contributed by atoms with van der Waals surface area (Å²) in [6.45, 7) is 5.52. The summed E-state index contributed by atoms with van der Waals surface area (Å²) < 4.78 is 29.8. The van der Waals surface area contributed by atoms with E-state index in [1.807, 2.05) is 6.92 Å². The number of guanidine groups is 1. The Morgan fingerprint density at radius 2 is 2.04 bits per heavy atom. The van der Waals surface area contributed by atoms with Gasteiger partial charge in [-0.15, -0.1) is 24.0 Å². The van der Waals surface area contributed by atoms with Crippen LogP contribution < -0.4 is 15.4 Å². The third-order valence-electron chi connectivity index (χ3n) is 4.46. The van der Waals surface area contributed by atoms with Gasteiger partial charge in [-0.3, -0.25) is 0 Å². The Kier molecular flexibility index (Phi) is 12.0. The Balaban J connectivity index is 0.00000392. The average molecular weight is 531 g/mol. The van der Waals surface area contributed by atoms with Crippen molar-refractivity contribution in [3.8, 4) is 5.75 Å².